The van der Waals surface area contributed by atoms with Gasteiger partial charge in [0.25, 0.3) is 0 Å². The lowest BCUT2D eigenvalue weighted by Crippen LogP contribution is -2.17. The molecule has 0 atom stereocenters. The third-order valence-electron chi connectivity index (χ3n) is 2.75. The predicted molar refractivity (Wildman–Crippen MR) is 66.7 cm³/mol. The number of halogens is 1. The Labute approximate surface area is 113 Å². The van der Waals surface area contributed by atoms with E-state index < -0.39 is 5.97 Å². The zero-order valence-electron chi connectivity index (χ0n) is 10.1. The quantitative estimate of drug-likeness (QED) is 0.787. The molecule has 3 rings (SSSR count). The van der Waals surface area contributed by atoms with E-state index in [2.05, 4.69) is 10.3 Å². The van der Waals surface area contributed by atoms with E-state index >= 15 is 0 Å². The molecule has 19 heavy (non-hydrogen) atoms. The van der Waals surface area contributed by atoms with Crippen LogP contribution < -0.4 is 4.74 Å². The predicted octanol–water partition coefficient (Wildman–Crippen LogP) is 1.99. The lowest BCUT2D eigenvalue weighted by molar-refractivity contribution is 0.0516. The summed E-state index contributed by atoms with van der Waals surface area (Å²) in [6.45, 7) is 2.24. The summed E-state index contributed by atoms with van der Waals surface area (Å²) in [5.74, 6) is 0.148. The Balaban J connectivity index is 2.09. The lowest BCUT2D eigenvalue weighted by atomic mass is 10.2. The molecule has 6 nitrogen and oxygen atoms in total. The van der Waals surface area contributed by atoms with E-state index in [0.29, 0.717) is 22.2 Å². The number of fused-ring (bicyclic) bond motifs is 3. The number of carbonyl (C=O) groups excluding carboxylic acids is 1. The van der Waals surface area contributed by atoms with Crippen LogP contribution in [0.2, 0.25) is 5.02 Å². The molecule has 0 spiro atoms. The Morgan fingerprint density at radius 2 is 2.42 bits per heavy atom. The fourth-order valence-corrected chi connectivity index (χ4v) is 2.07. The Bertz CT molecular complexity index is 654. The lowest BCUT2D eigenvalue weighted by Gasteiger charge is -2.18. The summed E-state index contributed by atoms with van der Waals surface area (Å²) in [4.78, 5) is 11.7. The van der Waals surface area contributed by atoms with Crippen LogP contribution in [0.15, 0.2) is 18.2 Å². The molecule has 1 aromatic carbocycles. The molecule has 0 saturated heterocycles. The number of nitrogens with zero attached hydrogens (tertiary/aromatic N) is 3. The van der Waals surface area contributed by atoms with E-state index in [0.717, 1.165) is 0 Å². The zero-order chi connectivity index (χ0) is 13.4. The van der Waals surface area contributed by atoms with Crippen LogP contribution in [0.25, 0.3) is 5.69 Å². The summed E-state index contributed by atoms with van der Waals surface area (Å²) in [5.41, 5.74) is 1.40. The van der Waals surface area contributed by atoms with Crippen LogP contribution in [0.1, 0.15) is 23.1 Å². The summed E-state index contributed by atoms with van der Waals surface area (Å²) < 4.78 is 12.0. The van der Waals surface area contributed by atoms with Gasteiger partial charge in [-0.2, -0.15) is 0 Å². The van der Waals surface area contributed by atoms with Gasteiger partial charge in [-0.05, 0) is 25.1 Å². The van der Waals surface area contributed by atoms with Crippen molar-refractivity contribution in [3.05, 3.63) is 34.6 Å². The molecule has 0 N–H and O–H groups in total. The molecule has 0 unspecified atom stereocenters. The van der Waals surface area contributed by atoms with E-state index in [9.17, 15) is 4.79 Å². The Morgan fingerprint density at radius 3 is 3.21 bits per heavy atom. The van der Waals surface area contributed by atoms with Crippen molar-refractivity contribution in [1.82, 2.24) is 15.0 Å². The number of rotatable bonds is 2. The second kappa shape index (κ2) is 4.55. The van der Waals surface area contributed by atoms with Crippen molar-refractivity contribution in [3.8, 4) is 11.4 Å². The van der Waals surface area contributed by atoms with Gasteiger partial charge in [-0.3, -0.25) is 0 Å². The number of benzene rings is 1. The van der Waals surface area contributed by atoms with Gasteiger partial charge in [0, 0.05) is 5.02 Å². The Morgan fingerprint density at radius 1 is 1.58 bits per heavy atom. The van der Waals surface area contributed by atoms with Gasteiger partial charge in [0.15, 0.2) is 5.69 Å². The van der Waals surface area contributed by atoms with Gasteiger partial charge in [0.2, 0.25) is 0 Å². The van der Waals surface area contributed by atoms with Crippen LogP contribution in [-0.4, -0.2) is 27.6 Å². The average Bonchev–Trinajstić information content (AvgIpc) is 2.83. The summed E-state index contributed by atoms with van der Waals surface area (Å²) in [7, 11) is 0. The van der Waals surface area contributed by atoms with Crippen LogP contribution in [0.4, 0.5) is 0 Å². The maximum Gasteiger partial charge on any atom is 0.360 e. The highest BCUT2D eigenvalue weighted by Gasteiger charge is 2.27. The normalized spacial score (nSPS) is 12.3. The molecule has 1 aliphatic heterocycles. The van der Waals surface area contributed by atoms with Gasteiger partial charge in [-0.25, -0.2) is 9.48 Å². The van der Waals surface area contributed by atoms with Crippen molar-refractivity contribution >= 4 is 17.6 Å². The van der Waals surface area contributed by atoms with Crippen molar-refractivity contribution in [2.24, 2.45) is 0 Å². The molecule has 0 radical (unpaired) electrons. The zero-order valence-corrected chi connectivity index (χ0v) is 10.8. The van der Waals surface area contributed by atoms with E-state index in [1.807, 2.05) is 0 Å². The summed E-state index contributed by atoms with van der Waals surface area (Å²) in [5, 5.41) is 8.39. The molecule has 7 heteroatoms. The molecule has 98 valence electrons. The molecule has 0 bridgehead atoms. The van der Waals surface area contributed by atoms with Gasteiger partial charge in [0.1, 0.15) is 23.7 Å². The van der Waals surface area contributed by atoms with Gasteiger partial charge >= 0.3 is 5.97 Å². The number of hydrogen-bond acceptors (Lipinski definition) is 5. The second-order valence-corrected chi connectivity index (χ2v) is 4.35. The van der Waals surface area contributed by atoms with Gasteiger partial charge in [-0.1, -0.05) is 16.8 Å². The molecule has 0 saturated carbocycles. The SMILES string of the molecule is CCOC(=O)c1nnn2c1COc1ccc(Cl)cc1-2. The molecule has 0 fully saturated rings. The van der Waals surface area contributed by atoms with E-state index in [4.69, 9.17) is 21.1 Å². The topological polar surface area (TPSA) is 66.2 Å². The van der Waals surface area contributed by atoms with Crippen LogP contribution in [-0.2, 0) is 11.3 Å². The first kappa shape index (κ1) is 12.0. The maximum atomic E-state index is 11.7. The first-order valence-corrected chi connectivity index (χ1v) is 6.13. The van der Waals surface area contributed by atoms with Crippen molar-refractivity contribution in [2.45, 2.75) is 13.5 Å². The fraction of sp³-hybridized carbons (Fsp3) is 0.250. The third kappa shape index (κ3) is 1.94. The number of carbonyl (C=O) groups is 1. The van der Waals surface area contributed by atoms with Crippen LogP contribution in [0.3, 0.4) is 0 Å². The van der Waals surface area contributed by atoms with Crippen molar-refractivity contribution in [2.75, 3.05) is 6.61 Å². The van der Waals surface area contributed by atoms with E-state index in [1.54, 1.807) is 29.8 Å². The van der Waals surface area contributed by atoms with Crippen molar-refractivity contribution in [1.29, 1.82) is 0 Å². The van der Waals surface area contributed by atoms with E-state index in [1.165, 1.54) is 0 Å². The second-order valence-electron chi connectivity index (χ2n) is 3.92. The number of hydrogen-bond donors (Lipinski definition) is 0. The van der Waals surface area contributed by atoms with E-state index in [-0.39, 0.29) is 18.9 Å². The first-order valence-electron chi connectivity index (χ1n) is 5.75. The summed E-state index contributed by atoms with van der Waals surface area (Å²) in [6, 6.07) is 5.20. The fourth-order valence-electron chi connectivity index (χ4n) is 1.91. The molecule has 0 amide bonds. The van der Waals surface area contributed by atoms with Crippen molar-refractivity contribution < 1.29 is 14.3 Å². The Hall–Kier alpha value is -2.08. The molecule has 2 aromatic rings. The first-order chi connectivity index (χ1) is 9.20. The van der Waals surface area contributed by atoms with Gasteiger partial charge in [0.05, 0.1) is 6.61 Å². The molecule has 1 aliphatic rings. The largest absolute Gasteiger partial charge is 0.485 e. The number of aromatic nitrogens is 3. The molecule has 0 aliphatic carbocycles. The molecular formula is C12H10ClN3O3. The summed E-state index contributed by atoms with van der Waals surface area (Å²) >= 11 is 5.95. The van der Waals surface area contributed by atoms with Crippen molar-refractivity contribution in [3.63, 3.8) is 0 Å². The van der Waals surface area contributed by atoms with Crippen LogP contribution in [0, 0.1) is 0 Å². The monoisotopic (exact) mass is 279 g/mol. The molecule has 1 aromatic heterocycles. The Kier molecular flexibility index (Phi) is 2.87. The molecular weight excluding hydrogens is 270 g/mol. The number of esters is 1. The standard InChI is InChI=1S/C12H10ClN3O3/c1-2-18-12(17)11-9-6-19-10-4-3-7(13)5-8(10)16(9)15-14-11/h3-5H,2,6H2,1H3. The minimum Gasteiger partial charge on any atom is -0.485 e. The maximum absolute atomic E-state index is 11.7. The minimum atomic E-state index is -0.502. The molecule has 2 heterocycles. The van der Waals surface area contributed by atoms with Gasteiger partial charge in [-0.15, -0.1) is 5.10 Å². The van der Waals surface area contributed by atoms with Crippen LogP contribution >= 0.6 is 11.6 Å². The summed E-state index contributed by atoms with van der Waals surface area (Å²) in [6.07, 6.45) is 0. The smallest absolute Gasteiger partial charge is 0.360 e. The minimum absolute atomic E-state index is 0.174. The average molecular weight is 280 g/mol. The highest BCUT2D eigenvalue weighted by atomic mass is 35.5. The van der Waals surface area contributed by atoms with Crippen LogP contribution in [0.5, 0.6) is 5.75 Å². The van der Waals surface area contributed by atoms with Gasteiger partial charge < -0.3 is 9.47 Å². The highest BCUT2D eigenvalue weighted by molar-refractivity contribution is 6.30. The number of ether oxygens (including phenoxy) is 2. The third-order valence-corrected chi connectivity index (χ3v) is 2.98. The highest BCUT2D eigenvalue weighted by Crippen LogP contribution is 2.32.